The zero-order valence-electron chi connectivity index (χ0n) is 10.00. The standard InChI is InChI=1S/C14H15BrOS/c1-3-9(4-2)13(16)11-8-17-14-10(11)6-5-7-12(14)15/h5-9H,3-4H2,1-2H3. The molecule has 0 unspecified atom stereocenters. The Balaban J connectivity index is 2.49. The van der Waals surface area contributed by atoms with Crippen LogP contribution in [0.25, 0.3) is 10.1 Å². The third-order valence-corrected chi connectivity index (χ3v) is 5.13. The van der Waals surface area contributed by atoms with Crippen molar-refractivity contribution in [1.29, 1.82) is 0 Å². The molecule has 0 radical (unpaired) electrons. The lowest BCUT2D eigenvalue weighted by Gasteiger charge is -2.09. The Kier molecular flexibility index (Phi) is 4.00. The second-order valence-corrected chi connectivity index (χ2v) is 5.88. The predicted molar refractivity (Wildman–Crippen MR) is 77.9 cm³/mol. The van der Waals surface area contributed by atoms with E-state index in [2.05, 4.69) is 29.8 Å². The fourth-order valence-electron chi connectivity index (χ4n) is 2.09. The smallest absolute Gasteiger partial charge is 0.167 e. The number of fused-ring (bicyclic) bond motifs is 1. The van der Waals surface area contributed by atoms with Crippen LogP contribution in [0.1, 0.15) is 37.0 Å². The molecular formula is C14H15BrOS. The minimum absolute atomic E-state index is 0.159. The summed E-state index contributed by atoms with van der Waals surface area (Å²) >= 11 is 5.17. The van der Waals surface area contributed by atoms with E-state index in [4.69, 9.17) is 0 Å². The molecule has 90 valence electrons. The minimum Gasteiger partial charge on any atom is -0.294 e. The summed E-state index contributed by atoms with van der Waals surface area (Å²) in [6.45, 7) is 4.16. The number of Topliss-reactive ketones (excluding diaryl/α,β-unsaturated/α-hetero) is 1. The Morgan fingerprint density at radius 1 is 1.35 bits per heavy atom. The molecule has 0 aliphatic carbocycles. The van der Waals surface area contributed by atoms with Crippen LogP contribution in [0.15, 0.2) is 28.1 Å². The van der Waals surface area contributed by atoms with Gasteiger partial charge in [-0.15, -0.1) is 11.3 Å². The van der Waals surface area contributed by atoms with Crippen LogP contribution in [0.5, 0.6) is 0 Å². The molecule has 0 aliphatic heterocycles. The van der Waals surface area contributed by atoms with Crippen LogP contribution in [0, 0.1) is 5.92 Å². The predicted octanol–water partition coefficient (Wildman–Crippen LogP) is 5.28. The van der Waals surface area contributed by atoms with Crippen molar-refractivity contribution in [3.05, 3.63) is 33.6 Å². The molecule has 0 saturated heterocycles. The molecule has 17 heavy (non-hydrogen) atoms. The Labute approximate surface area is 114 Å². The highest BCUT2D eigenvalue weighted by Crippen LogP contribution is 2.33. The van der Waals surface area contributed by atoms with Gasteiger partial charge in [0.2, 0.25) is 0 Å². The van der Waals surface area contributed by atoms with Gasteiger partial charge in [0.1, 0.15) is 0 Å². The van der Waals surface area contributed by atoms with Gasteiger partial charge in [-0.1, -0.05) is 26.0 Å². The van der Waals surface area contributed by atoms with E-state index in [1.54, 1.807) is 11.3 Å². The first-order valence-electron chi connectivity index (χ1n) is 5.89. The van der Waals surface area contributed by atoms with E-state index >= 15 is 0 Å². The molecule has 1 aromatic heterocycles. The van der Waals surface area contributed by atoms with Crippen molar-refractivity contribution < 1.29 is 4.79 Å². The highest BCUT2D eigenvalue weighted by molar-refractivity contribution is 9.10. The van der Waals surface area contributed by atoms with Crippen LogP contribution in [0.4, 0.5) is 0 Å². The van der Waals surface area contributed by atoms with Crippen molar-refractivity contribution in [3.63, 3.8) is 0 Å². The van der Waals surface area contributed by atoms with Crippen LogP contribution < -0.4 is 0 Å². The number of ketones is 1. The maximum Gasteiger partial charge on any atom is 0.167 e. The molecular weight excluding hydrogens is 296 g/mol. The van der Waals surface area contributed by atoms with Crippen molar-refractivity contribution >= 4 is 43.1 Å². The zero-order valence-corrected chi connectivity index (χ0v) is 12.4. The van der Waals surface area contributed by atoms with Gasteiger partial charge in [-0.3, -0.25) is 4.79 Å². The van der Waals surface area contributed by atoms with Gasteiger partial charge in [0, 0.05) is 31.4 Å². The van der Waals surface area contributed by atoms with Crippen LogP contribution in [0.2, 0.25) is 0 Å². The third-order valence-electron chi connectivity index (χ3n) is 3.17. The molecule has 0 atom stereocenters. The van der Waals surface area contributed by atoms with Crippen molar-refractivity contribution in [1.82, 2.24) is 0 Å². The van der Waals surface area contributed by atoms with Crippen LogP contribution >= 0.6 is 27.3 Å². The summed E-state index contributed by atoms with van der Waals surface area (Å²) in [5.41, 5.74) is 0.889. The van der Waals surface area contributed by atoms with Crippen LogP contribution in [-0.4, -0.2) is 5.78 Å². The van der Waals surface area contributed by atoms with Crippen molar-refractivity contribution in [2.45, 2.75) is 26.7 Å². The van der Waals surface area contributed by atoms with E-state index in [-0.39, 0.29) is 5.92 Å². The summed E-state index contributed by atoms with van der Waals surface area (Å²) in [6.07, 6.45) is 1.83. The Morgan fingerprint density at radius 2 is 2.06 bits per heavy atom. The van der Waals surface area contributed by atoms with E-state index in [0.717, 1.165) is 28.3 Å². The molecule has 3 heteroatoms. The molecule has 1 aromatic carbocycles. The lowest BCUT2D eigenvalue weighted by Crippen LogP contribution is -2.12. The second kappa shape index (κ2) is 5.32. The third kappa shape index (κ3) is 2.31. The molecule has 2 aromatic rings. The largest absolute Gasteiger partial charge is 0.294 e. The van der Waals surface area contributed by atoms with E-state index in [9.17, 15) is 4.79 Å². The number of thiophene rings is 1. The summed E-state index contributed by atoms with van der Waals surface area (Å²) in [7, 11) is 0. The molecule has 1 nitrogen and oxygen atoms in total. The lowest BCUT2D eigenvalue weighted by atomic mass is 9.93. The van der Waals surface area contributed by atoms with Gasteiger partial charge in [0.15, 0.2) is 5.78 Å². The summed E-state index contributed by atoms with van der Waals surface area (Å²) in [6, 6.07) is 6.04. The highest BCUT2D eigenvalue weighted by Gasteiger charge is 2.20. The zero-order chi connectivity index (χ0) is 12.4. The van der Waals surface area contributed by atoms with Gasteiger partial charge in [0.05, 0.1) is 0 Å². The molecule has 0 saturated carbocycles. The van der Waals surface area contributed by atoms with Gasteiger partial charge in [0.25, 0.3) is 0 Å². The summed E-state index contributed by atoms with van der Waals surface area (Å²) in [4.78, 5) is 12.4. The first kappa shape index (κ1) is 12.8. The number of rotatable bonds is 4. The Bertz CT molecular complexity index is 540. The summed E-state index contributed by atoms with van der Waals surface area (Å²) < 4.78 is 2.24. The molecule has 1 heterocycles. The van der Waals surface area contributed by atoms with Gasteiger partial charge in [-0.2, -0.15) is 0 Å². The van der Waals surface area contributed by atoms with Gasteiger partial charge >= 0.3 is 0 Å². The highest BCUT2D eigenvalue weighted by atomic mass is 79.9. The average molecular weight is 311 g/mol. The summed E-state index contributed by atoms with van der Waals surface area (Å²) in [5, 5.41) is 3.08. The fraction of sp³-hybridized carbons (Fsp3) is 0.357. The minimum atomic E-state index is 0.159. The number of benzene rings is 1. The number of hydrogen-bond donors (Lipinski definition) is 0. The number of carbonyl (C=O) groups is 1. The molecule has 0 amide bonds. The van der Waals surface area contributed by atoms with E-state index in [0.29, 0.717) is 5.78 Å². The average Bonchev–Trinajstić information content (AvgIpc) is 2.75. The first-order chi connectivity index (χ1) is 8.19. The normalized spacial score (nSPS) is 11.3. The Morgan fingerprint density at radius 3 is 2.71 bits per heavy atom. The SMILES string of the molecule is CCC(CC)C(=O)c1csc2c(Br)cccc12. The first-order valence-corrected chi connectivity index (χ1v) is 7.56. The van der Waals surface area contributed by atoms with E-state index < -0.39 is 0 Å². The molecule has 0 N–H and O–H groups in total. The topological polar surface area (TPSA) is 17.1 Å². The van der Waals surface area contributed by atoms with Crippen molar-refractivity contribution in [2.24, 2.45) is 5.92 Å². The monoisotopic (exact) mass is 310 g/mol. The van der Waals surface area contributed by atoms with Crippen molar-refractivity contribution in [3.8, 4) is 0 Å². The maximum absolute atomic E-state index is 12.4. The van der Waals surface area contributed by atoms with Crippen molar-refractivity contribution in [2.75, 3.05) is 0 Å². The molecule has 0 aliphatic rings. The van der Waals surface area contributed by atoms with Crippen LogP contribution in [-0.2, 0) is 0 Å². The molecule has 0 spiro atoms. The lowest BCUT2D eigenvalue weighted by molar-refractivity contribution is 0.0915. The quantitative estimate of drug-likeness (QED) is 0.702. The number of carbonyl (C=O) groups excluding carboxylic acids is 1. The second-order valence-electron chi connectivity index (χ2n) is 4.14. The van der Waals surface area contributed by atoms with E-state index in [1.807, 2.05) is 23.6 Å². The molecule has 0 fully saturated rings. The number of hydrogen-bond acceptors (Lipinski definition) is 2. The van der Waals surface area contributed by atoms with Crippen LogP contribution in [0.3, 0.4) is 0 Å². The van der Waals surface area contributed by atoms with Gasteiger partial charge in [-0.05, 0) is 34.8 Å². The fourth-order valence-corrected chi connectivity index (χ4v) is 3.70. The van der Waals surface area contributed by atoms with Gasteiger partial charge in [-0.25, -0.2) is 0 Å². The molecule has 2 rings (SSSR count). The number of halogens is 1. The maximum atomic E-state index is 12.4. The van der Waals surface area contributed by atoms with Gasteiger partial charge < -0.3 is 0 Å². The Hall–Kier alpha value is -0.670. The summed E-state index contributed by atoms with van der Waals surface area (Å²) in [5.74, 6) is 0.450. The van der Waals surface area contributed by atoms with E-state index in [1.165, 1.54) is 4.70 Å². The molecule has 0 bridgehead atoms.